The third-order valence-corrected chi connectivity index (χ3v) is 4.00. The lowest BCUT2D eigenvalue weighted by atomic mass is 9.96. The normalized spacial score (nSPS) is 17.6. The van der Waals surface area contributed by atoms with E-state index in [-0.39, 0.29) is 5.84 Å². The summed E-state index contributed by atoms with van der Waals surface area (Å²) in [6, 6.07) is 8.05. The summed E-state index contributed by atoms with van der Waals surface area (Å²) < 4.78 is 0. The minimum Gasteiger partial charge on any atom is -0.384 e. The molecule has 1 saturated heterocycles. The van der Waals surface area contributed by atoms with Crippen molar-refractivity contribution in [2.45, 2.75) is 19.4 Å². The first-order valence-corrected chi connectivity index (χ1v) is 7.35. The van der Waals surface area contributed by atoms with Crippen LogP contribution in [-0.2, 0) is 6.54 Å². The zero-order chi connectivity index (χ0) is 14.5. The van der Waals surface area contributed by atoms with Gasteiger partial charge < -0.3 is 10.6 Å². The van der Waals surface area contributed by atoms with Gasteiger partial charge in [-0.05, 0) is 51.5 Å². The lowest BCUT2D eigenvalue weighted by Crippen LogP contribution is -2.36. The quantitative estimate of drug-likeness (QED) is 0.635. The third kappa shape index (κ3) is 4.32. The van der Waals surface area contributed by atoms with Crippen LogP contribution in [0.15, 0.2) is 24.3 Å². The van der Waals surface area contributed by atoms with Crippen molar-refractivity contribution >= 4 is 5.84 Å². The predicted molar refractivity (Wildman–Crippen MR) is 84.0 cm³/mol. The zero-order valence-electron chi connectivity index (χ0n) is 12.6. The number of piperidine rings is 1. The zero-order valence-corrected chi connectivity index (χ0v) is 12.6. The smallest absolute Gasteiger partial charge is 0.122 e. The summed E-state index contributed by atoms with van der Waals surface area (Å²) in [5.74, 6) is 0.988. The molecule has 3 N–H and O–H groups in total. The average Bonchev–Trinajstić information content (AvgIpc) is 2.41. The van der Waals surface area contributed by atoms with Gasteiger partial charge in [0.2, 0.25) is 0 Å². The van der Waals surface area contributed by atoms with Crippen LogP contribution in [0.5, 0.6) is 0 Å². The number of likely N-dealkylation sites (tertiary alicyclic amines) is 1. The van der Waals surface area contributed by atoms with Gasteiger partial charge in [0.1, 0.15) is 5.84 Å². The van der Waals surface area contributed by atoms with Gasteiger partial charge >= 0.3 is 0 Å². The molecule has 4 heteroatoms. The van der Waals surface area contributed by atoms with Crippen LogP contribution in [0.2, 0.25) is 0 Å². The largest absolute Gasteiger partial charge is 0.384 e. The molecule has 0 amide bonds. The highest BCUT2D eigenvalue weighted by molar-refractivity contribution is 5.94. The van der Waals surface area contributed by atoms with E-state index in [1.54, 1.807) is 0 Å². The van der Waals surface area contributed by atoms with Crippen LogP contribution >= 0.6 is 0 Å². The van der Waals surface area contributed by atoms with Gasteiger partial charge in [-0.15, -0.1) is 0 Å². The lowest BCUT2D eigenvalue weighted by molar-refractivity contribution is 0.157. The molecule has 2 rings (SSSR count). The second kappa shape index (κ2) is 6.86. The monoisotopic (exact) mass is 274 g/mol. The molecule has 0 unspecified atom stereocenters. The molecule has 20 heavy (non-hydrogen) atoms. The summed E-state index contributed by atoms with van der Waals surface area (Å²) in [4.78, 5) is 4.82. The van der Waals surface area contributed by atoms with Crippen molar-refractivity contribution in [2.75, 3.05) is 33.7 Å². The van der Waals surface area contributed by atoms with Crippen molar-refractivity contribution in [3.05, 3.63) is 35.4 Å². The minimum absolute atomic E-state index is 0.140. The van der Waals surface area contributed by atoms with Crippen LogP contribution in [0.4, 0.5) is 0 Å². The molecule has 1 aromatic rings. The molecule has 4 nitrogen and oxygen atoms in total. The first-order valence-electron chi connectivity index (χ1n) is 7.35. The van der Waals surface area contributed by atoms with Crippen molar-refractivity contribution in [1.82, 2.24) is 9.80 Å². The maximum Gasteiger partial charge on any atom is 0.122 e. The Bertz CT molecular complexity index is 430. The van der Waals surface area contributed by atoms with Gasteiger partial charge in [-0.3, -0.25) is 10.3 Å². The fraction of sp³-hybridized carbons (Fsp3) is 0.562. The summed E-state index contributed by atoms with van der Waals surface area (Å²) in [6.45, 7) is 4.59. The van der Waals surface area contributed by atoms with E-state index in [2.05, 4.69) is 36.0 Å². The van der Waals surface area contributed by atoms with E-state index in [4.69, 9.17) is 11.1 Å². The van der Waals surface area contributed by atoms with E-state index in [1.807, 2.05) is 12.1 Å². The van der Waals surface area contributed by atoms with E-state index in [0.717, 1.165) is 18.0 Å². The predicted octanol–water partition coefficient (Wildman–Crippen LogP) is 1.74. The van der Waals surface area contributed by atoms with Gasteiger partial charge in [0, 0.05) is 18.7 Å². The Kier molecular flexibility index (Phi) is 5.15. The second-order valence-electron chi connectivity index (χ2n) is 6.09. The summed E-state index contributed by atoms with van der Waals surface area (Å²) in [5.41, 5.74) is 7.58. The van der Waals surface area contributed by atoms with Crippen LogP contribution in [-0.4, -0.2) is 49.4 Å². The highest BCUT2D eigenvalue weighted by atomic mass is 15.1. The Morgan fingerprint density at radius 3 is 2.35 bits per heavy atom. The van der Waals surface area contributed by atoms with Crippen molar-refractivity contribution < 1.29 is 0 Å². The Labute approximate surface area is 122 Å². The molecule has 1 fully saturated rings. The fourth-order valence-electron chi connectivity index (χ4n) is 2.89. The molecule has 0 spiro atoms. The first-order chi connectivity index (χ1) is 9.54. The van der Waals surface area contributed by atoms with Crippen LogP contribution < -0.4 is 5.73 Å². The molecule has 110 valence electrons. The van der Waals surface area contributed by atoms with Crippen molar-refractivity contribution in [2.24, 2.45) is 11.7 Å². The molecule has 1 aliphatic heterocycles. The Morgan fingerprint density at radius 2 is 1.85 bits per heavy atom. The number of rotatable bonds is 5. The summed E-state index contributed by atoms with van der Waals surface area (Å²) >= 11 is 0. The van der Waals surface area contributed by atoms with Gasteiger partial charge in [-0.2, -0.15) is 0 Å². The lowest BCUT2D eigenvalue weighted by Gasteiger charge is -2.33. The Hall–Kier alpha value is -1.39. The maximum atomic E-state index is 7.40. The molecule has 0 saturated carbocycles. The number of nitrogens with zero attached hydrogens (tertiary/aromatic N) is 2. The molecular formula is C16H26N4. The number of nitrogens with two attached hydrogens (primary N) is 1. The minimum atomic E-state index is 0.140. The van der Waals surface area contributed by atoms with Crippen LogP contribution in [0.25, 0.3) is 0 Å². The molecule has 0 bridgehead atoms. The van der Waals surface area contributed by atoms with Gasteiger partial charge in [0.05, 0.1) is 0 Å². The highest BCUT2D eigenvalue weighted by Gasteiger charge is 2.19. The van der Waals surface area contributed by atoms with Crippen molar-refractivity contribution in [3.8, 4) is 0 Å². The number of hydrogen-bond donors (Lipinski definition) is 2. The van der Waals surface area contributed by atoms with Gasteiger partial charge in [-0.25, -0.2) is 0 Å². The van der Waals surface area contributed by atoms with Gasteiger partial charge in [0.15, 0.2) is 0 Å². The van der Waals surface area contributed by atoms with Crippen molar-refractivity contribution in [3.63, 3.8) is 0 Å². The maximum absolute atomic E-state index is 7.40. The van der Waals surface area contributed by atoms with Crippen molar-refractivity contribution in [1.29, 1.82) is 5.41 Å². The topological polar surface area (TPSA) is 56.4 Å². The molecule has 1 aliphatic rings. The van der Waals surface area contributed by atoms with E-state index < -0.39 is 0 Å². The summed E-state index contributed by atoms with van der Waals surface area (Å²) in [5, 5.41) is 7.40. The van der Waals surface area contributed by atoms with E-state index >= 15 is 0 Å². The Balaban J connectivity index is 1.81. The molecule has 0 atom stereocenters. The second-order valence-corrected chi connectivity index (χ2v) is 6.09. The molecule has 1 heterocycles. The molecular weight excluding hydrogens is 248 g/mol. The number of nitrogens with one attached hydrogen (secondary N) is 1. The van der Waals surface area contributed by atoms with Gasteiger partial charge in [0.25, 0.3) is 0 Å². The third-order valence-electron chi connectivity index (χ3n) is 4.00. The van der Waals surface area contributed by atoms with E-state index in [0.29, 0.717) is 0 Å². The molecule has 0 aromatic heterocycles. The van der Waals surface area contributed by atoms with Crippen LogP contribution in [0.1, 0.15) is 24.0 Å². The van der Waals surface area contributed by atoms with E-state index in [1.165, 1.54) is 38.0 Å². The Morgan fingerprint density at radius 1 is 1.25 bits per heavy atom. The SMILES string of the molecule is CN(C)CC1CCN(Cc2ccc(C(=N)N)cc2)CC1. The highest BCUT2D eigenvalue weighted by Crippen LogP contribution is 2.19. The summed E-state index contributed by atoms with van der Waals surface area (Å²) in [6.07, 6.45) is 2.59. The number of amidine groups is 1. The summed E-state index contributed by atoms with van der Waals surface area (Å²) in [7, 11) is 4.31. The number of hydrogen-bond acceptors (Lipinski definition) is 3. The number of benzene rings is 1. The molecule has 1 aromatic carbocycles. The first kappa shape index (κ1) is 15.0. The fourth-order valence-corrected chi connectivity index (χ4v) is 2.89. The van der Waals surface area contributed by atoms with Crippen LogP contribution in [0, 0.1) is 11.3 Å². The number of nitrogen functional groups attached to an aromatic ring is 1. The molecule has 0 radical (unpaired) electrons. The van der Waals surface area contributed by atoms with E-state index in [9.17, 15) is 0 Å². The molecule has 0 aliphatic carbocycles. The van der Waals surface area contributed by atoms with Crippen LogP contribution in [0.3, 0.4) is 0 Å². The standard InChI is InChI=1S/C16H26N4/c1-19(2)11-14-7-9-20(10-8-14)12-13-3-5-15(6-4-13)16(17)18/h3-6,14H,7-12H2,1-2H3,(H3,17,18). The average molecular weight is 274 g/mol. The van der Waals surface area contributed by atoms with Gasteiger partial charge in [-0.1, -0.05) is 24.3 Å².